The number of sulfone groups is 1. The predicted octanol–water partition coefficient (Wildman–Crippen LogP) is 2.38. The Labute approximate surface area is 168 Å². The monoisotopic (exact) mass is 477 g/mol. The Hall–Kier alpha value is -0.830. The molecule has 1 heterocycles. The van der Waals surface area contributed by atoms with Gasteiger partial charge in [-0.3, -0.25) is 4.99 Å². The van der Waals surface area contributed by atoms with Gasteiger partial charge >= 0.3 is 0 Å². The van der Waals surface area contributed by atoms with Crippen molar-refractivity contribution in [3.8, 4) is 0 Å². The fraction of sp³-hybridized carbons (Fsp3) is 0.611. The van der Waals surface area contributed by atoms with Crippen molar-refractivity contribution in [1.29, 1.82) is 0 Å². The molecule has 1 aliphatic carbocycles. The molecule has 3 rings (SSSR count). The Morgan fingerprint density at radius 2 is 2.00 bits per heavy atom. The van der Waals surface area contributed by atoms with Crippen molar-refractivity contribution in [2.45, 2.75) is 44.4 Å². The third kappa shape index (κ3) is 4.30. The summed E-state index contributed by atoms with van der Waals surface area (Å²) in [5.74, 6) is 0.956. The molecule has 25 heavy (non-hydrogen) atoms. The Morgan fingerprint density at radius 1 is 1.28 bits per heavy atom. The number of halogens is 1. The molecule has 0 aromatic heterocycles. The van der Waals surface area contributed by atoms with Gasteiger partial charge in [0, 0.05) is 26.7 Å². The Balaban J connectivity index is 0.00000225. The number of fused-ring (bicyclic) bond motifs is 1. The van der Waals surface area contributed by atoms with Crippen molar-refractivity contribution in [2.75, 3.05) is 25.9 Å². The van der Waals surface area contributed by atoms with E-state index in [1.54, 1.807) is 20.9 Å². The second-order valence-corrected chi connectivity index (χ2v) is 10.1. The van der Waals surface area contributed by atoms with E-state index in [1.165, 1.54) is 36.0 Å². The molecule has 0 radical (unpaired) electrons. The van der Waals surface area contributed by atoms with E-state index in [2.05, 4.69) is 33.4 Å². The summed E-state index contributed by atoms with van der Waals surface area (Å²) in [6.45, 7) is 5.27. The molecule has 0 amide bonds. The van der Waals surface area contributed by atoms with Crippen LogP contribution in [0, 0.1) is 0 Å². The lowest BCUT2D eigenvalue weighted by Crippen LogP contribution is -2.57. The van der Waals surface area contributed by atoms with Gasteiger partial charge in [0.2, 0.25) is 0 Å². The first-order valence-corrected chi connectivity index (χ1v) is 10.3. The van der Waals surface area contributed by atoms with Gasteiger partial charge in [-0.2, -0.15) is 0 Å². The number of aliphatic imine (C=N–C) groups is 1. The van der Waals surface area contributed by atoms with E-state index in [1.807, 2.05) is 0 Å². The number of rotatable bonds is 2. The molecule has 0 unspecified atom stereocenters. The minimum atomic E-state index is -3.03. The van der Waals surface area contributed by atoms with Crippen LogP contribution in [0.15, 0.2) is 23.2 Å². The Bertz CT molecular complexity index is 760. The molecule has 1 fully saturated rings. The minimum absolute atomic E-state index is 0. The first-order chi connectivity index (χ1) is 11.3. The molecule has 1 saturated heterocycles. The highest BCUT2D eigenvalue weighted by Crippen LogP contribution is 2.24. The molecule has 0 atom stereocenters. The predicted molar refractivity (Wildman–Crippen MR) is 114 cm³/mol. The topological polar surface area (TPSA) is 61.8 Å². The maximum Gasteiger partial charge on any atom is 0.193 e. The molecule has 1 aromatic rings. The molecular formula is C18H28IN3O2S. The van der Waals surface area contributed by atoms with Crippen molar-refractivity contribution in [1.82, 2.24) is 10.2 Å². The lowest BCUT2D eigenvalue weighted by Gasteiger charge is -2.39. The van der Waals surface area contributed by atoms with Crippen LogP contribution in [0.1, 0.15) is 37.0 Å². The number of guanidine groups is 1. The van der Waals surface area contributed by atoms with E-state index in [0.717, 1.165) is 5.96 Å². The van der Waals surface area contributed by atoms with Crippen LogP contribution in [0.3, 0.4) is 0 Å². The van der Waals surface area contributed by atoms with Crippen LogP contribution in [0.4, 0.5) is 0 Å². The highest BCUT2D eigenvalue weighted by Gasteiger charge is 2.40. The zero-order chi connectivity index (χ0) is 17.4. The summed E-state index contributed by atoms with van der Waals surface area (Å²) in [7, 11) is -1.28. The van der Waals surface area contributed by atoms with E-state index in [9.17, 15) is 8.42 Å². The number of nitrogens with zero attached hydrogens (tertiary/aromatic N) is 2. The summed E-state index contributed by atoms with van der Waals surface area (Å²) < 4.78 is 23.6. The van der Waals surface area contributed by atoms with E-state index in [-0.39, 0.29) is 29.7 Å². The smallest absolute Gasteiger partial charge is 0.193 e. The van der Waals surface area contributed by atoms with Gasteiger partial charge in [-0.15, -0.1) is 24.0 Å². The van der Waals surface area contributed by atoms with Crippen LogP contribution in [-0.4, -0.2) is 49.9 Å². The third-order valence-electron chi connectivity index (χ3n) is 5.17. The van der Waals surface area contributed by atoms with Crippen LogP contribution in [0.5, 0.6) is 0 Å². The van der Waals surface area contributed by atoms with Crippen molar-refractivity contribution in [3.63, 3.8) is 0 Å². The normalized spacial score (nSPS) is 21.4. The summed E-state index contributed by atoms with van der Waals surface area (Å²) >= 11 is 0. The molecule has 140 valence electrons. The SMILES string of the molecule is CN=C(NCc1ccc2c(c1)CCC2)N1CCS(=O)(=O)C(C)(C)C1.I. The first kappa shape index (κ1) is 20.5. The molecule has 0 saturated carbocycles. The summed E-state index contributed by atoms with van der Waals surface area (Å²) in [6, 6.07) is 6.70. The average Bonchev–Trinajstić information content (AvgIpc) is 2.99. The molecule has 2 aliphatic rings. The van der Waals surface area contributed by atoms with E-state index in [4.69, 9.17) is 0 Å². The highest BCUT2D eigenvalue weighted by atomic mass is 127. The van der Waals surface area contributed by atoms with E-state index >= 15 is 0 Å². The molecule has 0 bridgehead atoms. The molecular weight excluding hydrogens is 449 g/mol. The fourth-order valence-electron chi connectivity index (χ4n) is 3.57. The van der Waals surface area contributed by atoms with Crippen LogP contribution >= 0.6 is 24.0 Å². The van der Waals surface area contributed by atoms with Crippen LogP contribution in [-0.2, 0) is 29.2 Å². The van der Waals surface area contributed by atoms with Gasteiger partial charge < -0.3 is 10.2 Å². The number of hydrogen-bond donors (Lipinski definition) is 1. The lowest BCUT2D eigenvalue weighted by atomic mass is 10.1. The Kier molecular flexibility index (Phi) is 6.40. The molecule has 0 spiro atoms. The molecule has 5 nitrogen and oxygen atoms in total. The first-order valence-electron chi connectivity index (χ1n) is 8.61. The zero-order valence-corrected chi connectivity index (χ0v) is 18.4. The van der Waals surface area contributed by atoms with E-state index < -0.39 is 14.6 Å². The number of benzene rings is 1. The van der Waals surface area contributed by atoms with Crippen LogP contribution < -0.4 is 5.32 Å². The third-order valence-corrected chi connectivity index (χ3v) is 7.70. The summed E-state index contributed by atoms with van der Waals surface area (Å²) in [6.07, 6.45) is 3.63. The number of aryl methyl sites for hydroxylation is 2. The largest absolute Gasteiger partial charge is 0.352 e. The maximum atomic E-state index is 12.2. The molecule has 1 N–H and O–H groups in total. The average molecular weight is 477 g/mol. The maximum absolute atomic E-state index is 12.2. The van der Waals surface area contributed by atoms with Gasteiger partial charge in [-0.25, -0.2) is 8.42 Å². The highest BCUT2D eigenvalue weighted by molar-refractivity contribution is 14.0. The summed E-state index contributed by atoms with van der Waals surface area (Å²) in [5, 5.41) is 3.39. The zero-order valence-electron chi connectivity index (χ0n) is 15.2. The number of nitrogens with one attached hydrogen (secondary N) is 1. The van der Waals surface area contributed by atoms with Gasteiger partial charge in [-0.1, -0.05) is 18.2 Å². The van der Waals surface area contributed by atoms with Crippen molar-refractivity contribution >= 4 is 39.8 Å². The van der Waals surface area contributed by atoms with Crippen LogP contribution in [0.25, 0.3) is 0 Å². The van der Waals surface area contributed by atoms with Crippen LogP contribution in [0.2, 0.25) is 0 Å². The van der Waals surface area contributed by atoms with Gasteiger partial charge in [-0.05, 0) is 49.8 Å². The van der Waals surface area contributed by atoms with Gasteiger partial charge in [0.25, 0.3) is 0 Å². The van der Waals surface area contributed by atoms with Gasteiger partial charge in [0.15, 0.2) is 15.8 Å². The summed E-state index contributed by atoms with van der Waals surface area (Å²) in [4.78, 5) is 6.40. The lowest BCUT2D eigenvalue weighted by molar-refractivity contribution is 0.353. The van der Waals surface area contributed by atoms with E-state index in [0.29, 0.717) is 19.6 Å². The second kappa shape index (κ2) is 7.82. The molecule has 1 aromatic carbocycles. The fourth-order valence-corrected chi connectivity index (χ4v) is 4.94. The van der Waals surface area contributed by atoms with Gasteiger partial charge in [0.1, 0.15) is 0 Å². The van der Waals surface area contributed by atoms with Crippen molar-refractivity contribution in [3.05, 3.63) is 34.9 Å². The molecule has 1 aliphatic heterocycles. The number of hydrogen-bond acceptors (Lipinski definition) is 3. The van der Waals surface area contributed by atoms with Gasteiger partial charge in [0.05, 0.1) is 10.5 Å². The quantitative estimate of drug-likeness (QED) is 0.404. The standard InChI is InChI=1S/C18H27N3O2S.HI/c1-18(2)13-21(9-10-24(18,22)23)17(19-3)20-12-14-7-8-15-5-4-6-16(15)11-14;/h7-8,11H,4-6,9-10,12-13H2,1-3H3,(H,19,20);1H. The minimum Gasteiger partial charge on any atom is -0.352 e. The molecule has 7 heteroatoms. The van der Waals surface area contributed by atoms with Crippen molar-refractivity contribution < 1.29 is 8.42 Å². The Morgan fingerprint density at radius 3 is 2.68 bits per heavy atom. The van der Waals surface area contributed by atoms with Crippen molar-refractivity contribution in [2.24, 2.45) is 4.99 Å². The second-order valence-electron chi connectivity index (χ2n) is 7.36. The summed E-state index contributed by atoms with van der Waals surface area (Å²) in [5.41, 5.74) is 4.20.